The van der Waals surface area contributed by atoms with Gasteiger partial charge in [-0.3, -0.25) is 4.79 Å². The van der Waals surface area contributed by atoms with Crippen LogP contribution in [0.4, 0.5) is 10.3 Å². The molecule has 1 fully saturated rings. The summed E-state index contributed by atoms with van der Waals surface area (Å²) in [4.78, 5) is 26.4. The molecule has 1 aromatic heterocycles. The molecule has 1 aliphatic heterocycles. The summed E-state index contributed by atoms with van der Waals surface area (Å²) in [5, 5.41) is 0. The van der Waals surface area contributed by atoms with Crippen LogP contribution < -0.4 is 9.80 Å². The SMILES string of the molecule is C[C@@H](C(=O)N(C)Cc1cccc(F)c1)[NH+]1CCN(c2ncccn2)CC1. The van der Waals surface area contributed by atoms with E-state index in [0.29, 0.717) is 6.54 Å². The minimum atomic E-state index is -0.277. The van der Waals surface area contributed by atoms with Crippen LogP contribution in [0.15, 0.2) is 42.7 Å². The van der Waals surface area contributed by atoms with Gasteiger partial charge in [-0.05, 0) is 30.7 Å². The number of hydrogen-bond acceptors (Lipinski definition) is 4. The highest BCUT2D eigenvalue weighted by Crippen LogP contribution is 2.08. The predicted octanol–water partition coefficient (Wildman–Crippen LogP) is 0.368. The minimum absolute atomic E-state index is 0.0775. The molecule has 6 nitrogen and oxygen atoms in total. The normalized spacial score (nSPS) is 16.3. The van der Waals surface area contributed by atoms with Gasteiger partial charge < -0.3 is 14.7 Å². The van der Waals surface area contributed by atoms with E-state index in [-0.39, 0.29) is 17.8 Å². The molecule has 138 valence electrons. The van der Waals surface area contributed by atoms with Gasteiger partial charge in [-0.15, -0.1) is 0 Å². The van der Waals surface area contributed by atoms with Gasteiger partial charge in [0.25, 0.3) is 5.91 Å². The number of nitrogens with one attached hydrogen (secondary N) is 1. The molecule has 0 spiro atoms. The summed E-state index contributed by atoms with van der Waals surface area (Å²) in [6.45, 7) is 5.75. The van der Waals surface area contributed by atoms with Gasteiger partial charge in [0, 0.05) is 26.0 Å². The van der Waals surface area contributed by atoms with E-state index in [9.17, 15) is 9.18 Å². The molecule has 1 aromatic carbocycles. The fourth-order valence-electron chi connectivity index (χ4n) is 3.37. The number of rotatable bonds is 5. The fraction of sp³-hybridized carbons (Fsp3) is 0.421. The Morgan fingerprint density at radius 3 is 2.62 bits per heavy atom. The Kier molecular flexibility index (Phi) is 5.78. The quantitative estimate of drug-likeness (QED) is 0.839. The average molecular weight is 358 g/mol. The van der Waals surface area contributed by atoms with Crippen molar-refractivity contribution in [2.24, 2.45) is 0 Å². The first-order valence-electron chi connectivity index (χ1n) is 8.90. The number of aromatic nitrogens is 2. The molecule has 0 unspecified atom stereocenters. The molecule has 0 radical (unpaired) electrons. The lowest BCUT2D eigenvalue weighted by atomic mass is 10.1. The first-order valence-corrected chi connectivity index (χ1v) is 8.90. The van der Waals surface area contributed by atoms with E-state index in [1.165, 1.54) is 17.0 Å². The summed E-state index contributed by atoms with van der Waals surface area (Å²) in [7, 11) is 1.78. The Bertz CT molecular complexity index is 734. The molecule has 0 bridgehead atoms. The maximum Gasteiger partial charge on any atom is 0.280 e. The molecule has 1 N–H and O–H groups in total. The summed E-state index contributed by atoms with van der Waals surface area (Å²) in [5.41, 5.74) is 0.800. The molecule has 0 saturated carbocycles. The van der Waals surface area contributed by atoms with E-state index >= 15 is 0 Å². The standard InChI is InChI=1S/C19H24FN5O/c1-15(18(26)23(2)14-16-5-3-6-17(20)13-16)24-9-11-25(12-10-24)19-21-7-4-8-22-19/h3-8,13,15H,9-12,14H2,1-2H3/p+1/t15-/m0/s1. The van der Waals surface area contributed by atoms with Gasteiger partial charge in [-0.2, -0.15) is 0 Å². The number of likely N-dealkylation sites (N-methyl/N-ethyl adjacent to an activating group) is 1. The summed E-state index contributed by atoms with van der Waals surface area (Å²) >= 11 is 0. The number of hydrogen-bond donors (Lipinski definition) is 1. The van der Waals surface area contributed by atoms with Crippen molar-refractivity contribution in [3.8, 4) is 0 Å². The van der Waals surface area contributed by atoms with Crippen LogP contribution in [0, 0.1) is 5.82 Å². The highest BCUT2D eigenvalue weighted by atomic mass is 19.1. The number of piperazine rings is 1. The summed E-state index contributed by atoms with van der Waals surface area (Å²) in [5.74, 6) is 0.545. The van der Waals surface area contributed by atoms with Crippen LogP contribution in [0.2, 0.25) is 0 Å². The second-order valence-electron chi connectivity index (χ2n) is 6.74. The van der Waals surface area contributed by atoms with Gasteiger partial charge in [0.1, 0.15) is 5.82 Å². The number of nitrogens with zero attached hydrogens (tertiary/aromatic N) is 4. The van der Waals surface area contributed by atoms with Crippen molar-refractivity contribution in [3.63, 3.8) is 0 Å². The maximum absolute atomic E-state index is 13.3. The number of carbonyl (C=O) groups is 1. The first-order chi connectivity index (χ1) is 12.5. The maximum atomic E-state index is 13.3. The summed E-state index contributed by atoms with van der Waals surface area (Å²) in [6.07, 6.45) is 3.49. The fourth-order valence-corrected chi connectivity index (χ4v) is 3.37. The molecule has 26 heavy (non-hydrogen) atoms. The number of quaternary nitrogens is 1. The topological polar surface area (TPSA) is 53.8 Å². The van der Waals surface area contributed by atoms with E-state index in [0.717, 1.165) is 37.7 Å². The van der Waals surface area contributed by atoms with Crippen molar-refractivity contribution in [1.29, 1.82) is 0 Å². The van der Waals surface area contributed by atoms with E-state index in [2.05, 4.69) is 14.9 Å². The summed E-state index contributed by atoms with van der Waals surface area (Å²) < 4.78 is 13.3. The first kappa shape index (κ1) is 18.3. The zero-order valence-corrected chi connectivity index (χ0v) is 15.2. The second-order valence-corrected chi connectivity index (χ2v) is 6.74. The Labute approximate surface area is 153 Å². The monoisotopic (exact) mass is 358 g/mol. The van der Waals surface area contributed by atoms with Gasteiger partial charge in [0.15, 0.2) is 6.04 Å². The lowest BCUT2D eigenvalue weighted by molar-refractivity contribution is -0.915. The molecule has 1 atom stereocenters. The molecule has 2 heterocycles. The third-order valence-electron chi connectivity index (χ3n) is 4.91. The van der Waals surface area contributed by atoms with Gasteiger partial charge in [-0.25, -0.2) is 14.4 Å². The molecule has 1 saturated heterocycles. The molecule has 3 rings (SSSR count). The average Bonchev–Trinajstić information content (AvgIpc) is 2.67. The van der Waals surface area contributed by atoms with Crippen LogP contribution in [0.25, 0.3) is 0 Å². The van der Waals surface area contributed by atoms with Crippen molar-refractivity contribution in [2.75, 3.05) is 38.1 Å². The van der Waals surface area contributed by atoms with E-state index in [1.54, 1.807) is 36.5 Å². The molecular formula is C19H25FN5O+. The Balaban J connectivity index is 1.54. The van der Waals surface area contributed by atoms with Crippen molar-refractivity contribution in [1.82, 2.24) is 14.9 Å². The van der Waals surface area contributed by atoms with Gasteiger partial charge in [0.2, 0.25) is 5.95 Å². The van der Waals surface area contributed by atoms with Crippen LogP contribution in [-0.4, -0.2) is 60.0 Å². The lowest BCUT2D eigenvalue weighted by Crippen LogP contribution is -3.19. The number of carbonyl (C=O) groups excluding carboxylic acids is 1. The second kappa shape index (κ2) is 8.23. The van der Waals surface area contributed by atoms with E-state index in [4.69, 9.17) is 0 Å². The van der Waals surface area contributed by atoms with Crippen molar-refractivity contribution in [2.45, 2.75) is 19.5 Å². The zero-order valence-electron chi connectivity index (χ0n) is 15.2. The lowest BCUT2D eigenvalue weighted by Gasteiger charge is -2.35. The van der Waals surface area contributed by atoms with Crippen LogP contribution in [0.1, 0.15) is 12.5 Å². The Morgan fingerprint density at radius 2 is 1.96 bits per heavy atom. The van der Waals surface area contributed by atoms with Gasteiger partial charge in [0.05, 0.1) is 26.2 Å². The van der Waals surface area contributed by atoms with E-state index < -0.39 is 0 Å². The number of amides is 1. The van der Waals surface area contributed by atoms with Crippen molar-refractivity contribution >= 4 is 11.9 Å². The molecule has 2 aromatic rings. The van der Waals surface area contributed by atoms with Crippen molar-refractivity contribution < 1.29 is 14.1 Å². The molecule has 7 heteroatoms. The van der Waals surface area contributed by atoms with Gasteiger partial charge in [-0.1, -0.05) is 12.1 Å². The van der Waals surface area contributed by atoms with Crippen molar-refractivity contribution in [3.05, 3.63) is 54.1 Å². The Morgan fingerprint density at radius 1 is 1.27 bits per heavy atom. The molecule has 0 aliphatic carbocycles. The molecule has 1 aliphatic rings. The third kappa shape index (κ3) is 4.35. The minimum Gasteiger partial charge on any atom is -0.336 e. The highest BCUT2D eigenvalue weighted by Gasteiger charge is 2.31. The van der Waals surface area contributed by atoms with E-state index in [1.807, 2.05) is 13.0 Å². The zero-order chi connectivity index (χ0) is 18.5. The van der Waals surface area contributed by atoms with Crippen LogP contribution in [-0.2, 0) is 11.3 Å². The number of halogens is 1. The van der Waals surface area contributed by atoms with Crippen LogP contribution in [0.5, 0.6) is 0 Å². The summed E-state index contributed by atoms with van der Waals surface area (Å²) in [6, 6.07) is 8.06. The van der Waals surface area contributed by atoms with Gasteiger partial charge >= 0.3 is 0 Å². The molecule has 1 amide bonds. The van der Waals surface area contributed by atoms with Crippen LogP contribution in [0.3, 0.4) is 0 Å². The molecular weight excluding hydrogens is 333 g/mol. The van der Waals surface area contributed by atoms with Crippen LogP contribution >= 0.6 is 0 Å². The largest absolute Gasteiger partial charge is 0.336 e. The predicted molar refractivity (Wildman–Crippen MR) is 97.3 cm³/mol. The Hall–Kier alpha value is -2.54. The number of anilines is 1. The third-order valence-corrected chi connectivity index (χ3v) is 4.91. The smallest absolute Gasteiger partial charge is 0.280 e. The highest BCUT2D eigenvalue weighted by molar-refractivity contribution is 5.79. The number of benzene rings is 1.